The van der Waals surface area contributed by atoms with Gasteiger partial charge < -0.3 is 33.8 Å². The number of hydrogen-bond donors (Lipinski definition) is 3. The molecule has 0 aromatic rings. The number of phosphoric ester groups is 2. The van der Waals surface area contributed by atoms with Crippen LogP contribution in [0.2, 0.25) is 0 Å². The van der Waals surface area contributed by atoms with E-state index in [1.165, 1.54) is 167 Å². The normalized spacial score (nSPS) is 14.1. The van der Waals surface area contributed by atoms with Gasteiger partial charge in [-0.15, -0.1) is 0 Å². The highest BCUT2D eigenvalue weighted by molar-refractivity contribution is 7.47. The zero-order chi connectivity index (χ0) is 66.5. The molecule has 0 aliphatic rings. The largest absolute Gasteiger partial charge is 0.472 e. The number of carbonyl (C=O) groups excluding carboxylic acids is 4. The predicted molar refractivity (Wildman–Crippen MR) is 363 cm³/mol. The zero-order valence-electron chi connectivity index (χ0n) is 58.4. The van der Waals surface area contributed by atoms with Crippen molar-refractivity contribution >= 4 is 39.5 Å². The summed E-state index contributed by atoms with van der Waals surface area (Å²) in [7, 11) is -9.90. The summed E-state index contributed by atoms with van der Waals surface area (Å²) in [6.45, 7) is 9.51. The van der Waals surface area contributed by atoms with Gasteiger partial charge in [0.05, 0.1) is 26.4 Å². The van der Waals surface area contributed by atoms with Crippen LogP contribution in [0.4, 0.5) is 0 Å². The first-order valence-corrected chi connectivity index (χ1v) is 40.0. The maximum absolute atomic E-state index is 13.0. The fraction of sp³-hybridized carbons (Fsp3) is 0.944. The van der Waals surface area contributed by atoms with E-state index in [1.807, 2.05) is 0 Å². The molecule has 0 aromatic heterocycles. The summed E-state index contributed by atoms with van der Waals surface area (Å²) in [6.07, 6.45) is 48.7. The van der Waals surface area contributed by atoms with E-state index >= 15 is 0 Å². The van der Waals surface area contributed by atoms with Gasteiger partial charge in [-0.05, 0) is 37.5 Å². The minimum Gasteiger partial charge on any atom is -0.462 e. The van der Waals surface area contributed by atoms with Gasteiger partial charge in [-0.1, -0.05) is 311 Å². The molecule has 0 fully saturated rings. The quantitative estimate of drug-likeness (QED) is 0.0222. The van der Waals surface area contributed by atoms with Crippen molar-refractivity contribution in [3.8, 4) is 0 Å². The minimum atomic E-state index is -4.95. The Morgan fingerprint density at radius 2 is 0.511 bits per heavy atom. The van der Waals surface area contributed by atoms with Crippen molar-refractivity contribution in [2.45, 2.75) is 381 Å². The fourth-order valence-corrected chi connectivity index (χ4v) is 12.3. The summed E-state index contributed by atoms with van der Waals surface area (Å²) in [5.74, 6) is -0.608. The number of phosphoric acid groups is 2. The maximum Gasteiger partial charge on any atom is 0.472 e. The average molecular weight is 1330 g/mol. The molecule has 0 amide bonds. The molecule has 90 heavy (non-hydrogen) atoms. The monoisotopic (exact) mass is 1320 g/mol. The summed E-state index contributed by atoms with van der Waals surface area (Å²) in [5.41, 5.74) is 0. The number of hydrogen-bond acceptors (Lipinski definition) is 15. The lowest BCUT2D eigenvalue weighted by Crippen LogP contribution is -2.30. The van der Waals surface area contributed by atoms with Crippen LogP contribution in [0, 0.1) is 11.8 Å². The fourth-order valence-electron chi connectivity index (χ4n) is 10.8. The Bertz CT molecular complexity index is 1750. The number of ether oxygens (including phenoxy) is 4. The number of unbranched alkanes of at least 4 members (excludes halogenated alkanes) is 40. The molecule has 534 valence electrons. The number of carbonyl (C=O) groups is 4. The van der Waals surface area contributed by atoms with Crippen molar-refractivity contribution in [1.29, 1.82) is 0 Å². The Labute approximate surface area is 549 Å². The van der Waals surface area contributed by atoms with E-state index in [-0.39, 0.29) is 25.7 Å². The Morgan fingerprint density at radius 3 is 0.756 bits per heavy atom. The molecule has 19 heteroatoms. The van der Waals surface area contributed by atoms with E-state index < -0.39 is 97.5 Å². The second-order valence-electron chi connectivity index (χ2n) is 26.6. The molecular formula is C71H138O17P2. The Hall–Kier alpha value is -1.94. The van der Waals surface area contributed by atoms with Crippen molar-refractivity contribution in [2.75, 3.05) is 39.6 Å². The molecule has 3 N–H and O–H groups in total. The van der Waals surface area contributed by atoms with Crippen LogP contribution in [0.15, 0.2) is 0 Å². The highest BCUT2D eigenvalue weighted by atomic mass is 31.2. The van der Waals surface area contributed by atoms with Gasteiger partial charge in [0.1, 0.15) is 19.3 Å². The second-order valence-corrected chi connectivity index (χ2v) is 29.5. The van der Waals surface area contributed by atoms with Gasteiger partial charge in [-0.3, -0.25) is 37.3 Å². The van der Waals surface area contributed by atoms with E-state index in [0.29, 0.717) is 25.7 Å². The Kier molecular flexibility index (Phi) is 61.8. The summed E-state index contributed by atoms with van der Waals surface area (Å²) < 4.78 is 68.2. The molecule has 2 unspecified atom stereocenters. The zero-order valence-corrected chi connectivity index (χ0v) is 60.2. The number of rotatable bonds is 70. The first kappa shape index (κ1) is 88.1. The lowest BCUT2D eigenvalue weighted by molar-refractivity contribution is -0.161. The lowest BCUT2D eigenvalue weighted by Gasteiger charge is -2.21. The number of aliphatic hydroxyl groups is 1. The smallest absolute Gasteiger partial charge is 0.462 e. The van der Waals surface area contributed by atoms with Crippen LogP contribution in [0.3, 0.4) is 0 Å². The maximum atomic E-state index is 13.0. The third kappa shape index (κ3) is 64.8. The topological polar surface area (TPSA) is 237 Å². The average Bonchev–Trinajstić information content (AvgIpc) is 3.68. The van der Waals surface area contributed by atoms with Crippen molar-refractivity contribution in [3.05, 3.63) is 0 Å². The SMILES string of the molecule is CCCCCCCCCCCCCCCCCCC(=O)O[C@H](COC(=O)CCCCCCCCCCCCCCC(C)C)COP(=O)(O)OC[C@@H](O)COP(=O)(O)OC[C@@H](COC(=O)CCCCCCCCC)OC(=O)CCCCCCCCCCCC(C)C. The predicted octanol–water partition coefficient (Wildman–Crippen LogP) is 20.4. The van der Waals surface area contributed by atoms with Crippen molar-refractivity contribution in [1.82, 2.24) is 0 Å². The van der Waals surface area contributed by atoms with E-state index in [1.54, 1.807) is 0 Å². The molecule has 0 aliphatic carbocycles. The van der Waals surface area contributed by atoms with Gasteiger partial charge in [0.2, 0.25) is 0 Å². The molecule has 0 bridgehead atoms. The lowest BCUT2D eigenvalue weighted by atomic mass is 10.0. The standard InChI is InChI=1S/C71H138O17P2/c1-7-9-11-13-15-16-17-18-19-20-21-26-31-37-43-49-55-70(75)88-67(60-82-69(74)54-48-42-36-30-25-23-22-24-28-34-39-45-51-63(3)4)62-86-90(79,80)84-58-65(72)57-83-89(77,78)85-61-66(59-81-68(73)53-47-41-33-14-12-10-8-2)87-71(76)56-50-44-38-32-27-29-35-40-46-52-64(5)6/h63-67,72H,7-62H2,1-6H3,(H,77,78)(H,79,80)/t65-,66+,67+/m0/s1. The Morgan fingerprint density at radius 1 is 0.300 bits per heavy atom. The summed E-state index contributed by atoms with van der Waals surface area (Å²) in [4.78, 5) is 72.5. The Balaban J connectivity index is 5.21. The van der Waals surface area contributed by atoms with Crippen molar-refractivity contribution in [3.63, 3.8) is 0 Å². The van der Waals surface area contributed by atoms with E-state index in [9.17, 15) is 43.2 Å². The van der Waals surface area contributed by atoms with E-state index in [2.05, 4.69) is 41.5 Å². The van der Waals surface area contributed by atoms with Gasteiger partial charge in [0, 0.05) is 25.7 Å². The summed E-state index contributed by atoms with van der Waals surface area (Å²) >= 11 is 0. The van der Waals surface area contributed by atoms with E-state index in [4.69, 9.17) is 37.0 Å². The van der Waals surface area contributed by atoms with Crippen LogP contribution in [0.5, 0.6) is 0 Å². The van der Waals surface area contributed by atoms with Crippen molar-refractivity contribution < 1.29 is 80.2 Å². The molecule has 0 radical (unpaired) electrons. The van der Waals surface area contributed by atoms with Gasteiger partial charge in [0.15, 0.2) is 12.2 Å². The molecule has 0 spiro atoms. The molecule has 0 rings (SSSR count). The first-order valence-electron chi connectivity index (χ1n) is 37.0. The molecular weight excluding hydrogens is 1190 g/mol. The van der Waals surface area contributed by atoms with Crippen LogP contribution >= 0.6 is 15.6 Å². The van der Waals surface area contributed by atoms with Crippen LogP contribution in [-0.2, 0) is 65.4 Å². The van der Waals surface area contributed by atoms with E-state index in [0.717, 1.165) is 115 Å². The molecule has 0 heterocycles. The van der Waals surface area contributed by atoms with Gasteiger partial charge >= 0.3 is 39.5 Å². The van der Waals surface area contributed by atoms with Gasteiger partial charge in [-0.2, -0.15) is 0 Å². The molecule has 0 saturated heterocycles. The van der Waals surface area contributed by atoms with Gasteiger partial charge in [-0.25, -0.2) is 9.13 Å². The highest BCUT2D eigenvalue weighted by Gasteiger charge is 2.30. The molecule has 0 aromatic carbocycles. The third-order valence-corrected chi connectivity index (χ3v) is 18.4. The first-order chi connectivity index (χ1) is 43.4. The summed E-state index contributed by atoms with van der Waals surface area (Å²) in [5, 5.41) is 10.6. The van der Waals surface area contributed by atoms with Gasteiger partial charge in [0.25, 0.3) is 0 Å². The van der Waals surface area contributed by atoms with Crippen molar-refractivity contribution in [2.24, 2.45) is 11.8 Å². The second kappa shape index (κ2) is 63.1. The minimum absolute atomic E-state index is 0.105. The highest BCUT2D eigenvalue weighted by Crippen LogP contribution is 2.45. The number of aliphatic hydroxyl groups excluding tert-OH is 1. The molecule has 0 saturated carbocycles. The van der Waals surface area contributed by atoms with Crippen LogP contribution in [0.1, 0.15) is 363 Å². The molecule has 0 aliphatic heterocycles. The van der Waals surface area contributed by atoms with Crippen LogP contribution < -0.4 is 0 Å². The van der Waals surface area contributed by atoms with Crippen LogP contribution in [-0.4, -0.2) is 96.7 Å². The number of esters is 4. The van der Waals surface area contributed by atoms with Crippen LogP contribution in [0.25, 0.3) is 0 Å². The summed E-state index contributed by atoms with van der Waals surface area (Å²) in [6, 6.07) is 0. The third-order valence-electron chi connectivity index (χ3n) is 16.5. The molecule has 5 atom stereocenters. The molecule has 17 nitrogen and oxygen atoms in total.